The molecule has 2 heterocycles. The summed E-state index contributed by atoms with van der Waals surface area (Å²) in [4.78, 5) is 19.1. The predicted octanol–water partition coefficient (Wildman–Crippen LogP) is 3.49. The lowest BCUT2D eigenvalue weighted by Gasteiger charge is -2.26. The molecule has 160 valence electrons. The second-order valence-electron chi connectivity index (χ2n) is 7.21. The van der Waals surface area contributed by atoms with Crippen molar-refractivity contribution in [3.05, 3.63) is 70.4 Å². The maximum absolute atomic E-state index is 12.4. The third-order valence-electron chi connectivity index (χ3n) is 5.10. The number of pyridine rings is 1. The SMILES string of the molecule is COc1ccc2cc(/C=N\NC(=O)c3ccc(CN4CCOCC4)cc3)c(Cl)nc2c1. The Balaban J connectivity index is 1.38. The Morgan fingerprint density at radius 3 is 2.74 bits per heavy atom. The van der Waals surface area contributed by atoms with E-state index in [0.29, 0.717) is 22.0 Å². The number of nitrogens with zero attached hydrogens (tertiary/aromatic N) is 3. The molecule has 7 nitrogen and oxygen atoms in total. The average Bonchev–Trinajstić information content (AvgIpc) is 2.80. The summed E-state index contributed by atoms with van der Waals surface area (Å²) in [6.07, 6.45) is 1.49. The van der Waals surface area contributed by atoms with Crippen molar-refractivity contribution in [1.29, 1.82) is 0 Å². The van der Waals surface area contributed by atoms with E-state index in [-0.39, 0.29) is 5.91 Å². The Kier molecular flexibility index (Phi) is 6.76. The molecule has 1 amide bonds. The molecule has 0 radical (unpaired) electrons. The van der Waals surface area contributed by atoms with Gasteiger partial charge in [0.25, 0.3) is 5.91 Å². The lowest BCUT2D eigenvalue weighted by molar-refractivity contribution is 0.0342. The maximum atomic E-state index is 12.4. The highest BCUT2D eigenvalue weighted by molar-refractivity contribution is 6.32. The van der Waals surface area contributed by atoms with Crippen LogP contribution in [0.5, 0.6) is 5.75 Å². The van der Waals surface area contributed by atoms with E-state index in [4.69, 9.17) is 21.1 Å². The minimum absolute atomic E-state index is 0.288. The Labute approximate surface area is 185 Å². The van der Waals surface area contributed by atoms with Gasteiger partial charge < -0.3 is 9.47 Å². The van der Waals surface area contributed by atoms with Crippen molar-refractivity contribution < 1.29 is 14.3 Å². The van der Waals surface area contributed by atoms with Crippen molar-refractivity contribution in [1.82, 2.24) is 15.3 Å². The Morgan fingerprint density at radius 2 is 2.00 bits per heavy atom. The summed E-state index contributed by atoms with van der Waals surface area (Å²) in [5.41, 5.74) is 5.57. The number of aromatic nitrogens is 1. The predicted molar refractivity (Wildman–Crippen MR) is 121 cm³/mol. The van der Waals surface area contributed by atoms with Crippen molar-refractivity contribution in [3.8, 4) is 5.75 Å². The first kappa shape index (κ1) is 21.2. The molecule has 2 aromatic carbocycles. The standard InChI is InChI=1S/C23H23ClN4O3/c1-30-20-7-6-18-12-19(22(24)26-21(18)13-20)14-25-27-23(29)17-4-2-16(3-5-17)15-28-8-10-31-11-9-28/h2-7,12-14H,8-11,15H2,1H3,(H,27,29)/b25-14-. The molecule has 0 atom stereocenters. The smallest absolute Gasteiger partial charge is 0.271 e. The van der Waals surface area contributed by atoms with Gasteiger partial charge in [-0.2, -0.15) is 5.10 Å². The molecule has 0 saturated carbocycles. The number of hydrogen-bond donors (Lipinski definition) is 1. The van der Waals surface area contributed by atoms with E-state index in [1.807, 2.05) is 36.4 Å². The van der Waals surface area contributed by atoms with E-state index in [1.165, 1.54) is 6.21 Å². The van der Waals surface area contributed by atoms with Gasteiger partial charge in [-0.15, -0.1) is 0 Å². The summed E-state index contributed by atoms with van der Waals surface area (Å²) in [7, 11) is 1.60. The number of nitrogens with one attached hydrogen (secondary N) is 1. The van der Waals surface area contributed by atoms with Crippen LogP contribution in [0.25, 0.3) is 10.9 Å². The molecule has 0 unspecified atom stereocenters. The summed E-state index contributed by atoms with van der Waals surface area (Å²) in [6.45, 7) is 4.24. The highest BCUT2D eigenvalue weighted by Gasteiger charge is 2.11. The number of hydrazone groups is 1. The first-order valence-electron chi connectivity index (χ1n) is 9.99. The highest BCUT2D eigenvalue weighted by Crippen LogP contribution is 2.23. The molecule has 0 bridgehead atoms. The monoisotopic (exact) mass is 438 g/mol. The van der Waals surface area contributed by atoms with Crippen LogP contribution in [0.15, 0.2) is 53.6 Å². The van der Waals surface area contributed by atoms with Crippen LogP contribution in [0.1, 0.15) is 21.5 Å². The van der Waals surface area contributed by atoms with Crippen molar-refractivity contribution in [2.45, 2.75) is 6.54 Å². The third-order valence-corrected chi connectivity index (χ3v) is 5.40. The van der Waals surface area contributed by atoms with Gasteiger partial charge >= 0.3 is 0 Å². The van der Waals surface area contributed by atoms with Crippen LogP contribution < -0.4 is 10.2 Å². The summed E-state index contributed by atoms with van der Waals surface area (Å²) in [6, 6.07) is 15.0. The quantitative estimate of drug-likeness (QED) is 0.362. The number of hydrogen-bond acceptors (Lipinski definition) is 6. The Bertz CT molecular complexity index is 1100. The van der Waals surface area contributed by atoms with Gasteiger partial charge in [-0.3, -0.25) is 9.69 Å². The average molecular weight is 439 g/mol. The van der Waals surface area contributed by atoms with Gasteiger partial charge in [-0.05, 0) is 35.9 Å². The Hall–Kier alpha value is -3.00. The number of carbonyl (C=O) groups is 1. The number of halogens is 1. The fourth-order valence-electron chi connectivity index (χ4n) is 3.36. The number of carbonyl (C=O) groups excluding carboxylic acids is 1. The zero-order chi connectivity index (χ0) is 21.6. The van der Waals surface area contributed by atoms with E-state index >= 15 is 0 Å². The molecule has 1 fully saturated rings. The van der Waals surface area contributed by atoms with Crippen molar-refractivity contribution in [2.75, 3.05) is 33.4 Å². The number of rotatable bonds is 6. The van der Waals surface area contributed by atoms with Crippen LogP contribution in [-0.2, 0) is 11.3 Å². The van der Waals surface area contributed by atoms with E-state index < -0.39 is 0 Å². The van der Waals surface area contributed by atoms with Gasteiger partial charge in [-0.1, -0.05) is 23.7 Å². The number of methoxy groups -OCH3 is 1. The lowest BCUT2D eigenvalue weighted by Crippen LogP contribution is -2.35. The summed E-state index contributed by atoms with van der Waals surface area (Å²) < 4.78 is 10.6. The second kappa shape index (κ2) is 9.87. The largest absolute Gasteiger partial charge is 0.497 e. The van der Waals surface area contributed by atoms with Crippen molar-refractivity contribution in [3.63, 3.8) is 0 Å². The fraction of sp³-hybridized carbons (Fsp3) is 0.261. The Morgan fingerprint density at radius 1 is 1.23 bits per heavy atom. The fourth-order valence-corrected chi connectivity index (χ4v) is 3.56. The summed E-state index contributed by atoms with van der Waals surface area (Å²) >= 11 is 6.26. The van der Waals surface area contributed by atoms with Crippen LogP contribution in [0.2, 0.25) is 5.15 Å². The molecule has 3 aromatic rings. The van der Waals surface area contributed by atoms with Gasteiger partial charge in [0, 0.05) is 42.2 Å². The van der Waals surface area contributed by atoms with Crippen LogP contribution in [-0.4, -0.2) is 55.4 Å². The topological polar surface area (TPSA) is 76.0 Å². The van der Waals surface area contributed by atoms with E-state index in [2.05, 4.69) is 20.4 Å². The molecular formula is C23H23ClN4O3. The van der Waals surface area contributed by atoms with Crippen LogP contribution in [0.3, 0.4) is 0 Å². The van der Waals surface area contributed by atoms with Crippen LogP contribution >= 0.6 is 11.6 Å². The molecule has 1 N–H and O–H groups in total. The third kappa shape index (κ3) is 5.38. The number of ether oxygens (including phenoxy) is 2. The zero-order valence-corrected chi connectivity index (χ0v) is 17.9. The maximum Gasteiger partial charge on any atom is 0.271 e. The molecule has 1 aromatic heterocycles. The number of benzene rings is 2. The number of fused-ring (bicyclic) bond motifs is 1. The van der Waals surface area contributed by atoms with Crippen molar-refractivity contribution >= 4 is 34.6 Å². The van der Waals surface area contributed by atoms with Crippen molar-refractivity contribution in [2.24, 2.45) is 5.10 Å². The normalized spacial score (nSPS) is 14.8. The molecule has 1 saturated heterocycles. The number of amides is 1. The van der Waals surface area contributed by atoms with Crippen LogP contribution in [0, 0.1) is 0 Å². The molecule has 1 aliphatic heterocycles. The molecule has 1 aliphatic rings. The van der Waals surface area contributed by atoms with Gasteiger partial charge in [0.1, 0.15) is 10.9 Å². The second-order valence-corrected chi connectivity index (χ2v) is 7.57. The molecule has 0 aliphatic carbocycles. The highest BCUT2D eigenvalue weighted by atomic mass is 35.5. The van der Waals surface area contributed by atoms with Gasteiger partial charge in [-0.25, -0.2) is 10.4 Å². The van der Waals surface area contributed by atoms with E-state index in [9.17, 15) is 4.79 Å². The molecule has 8 heteroatoms. The van der Waals surface area contributed by atoms with Gasteiger partial charge in [0.05, 0.1) is 32.1 Å². The molecular weight excluding hydrogens is 416 g/mol. The van der Waals surface area contributed by atoms with E-state index in [0.717, 1.165) is 49.3 Å². The number of morpholine rings is 1. The molecule has 0 spiro atoms. The minimum atomic E-state index is -0.288. The van der Waals surface area contributed by atoms with E-state index in [1.54, 1.807) is 19.2 Å². The van der Waals surface area contributed by atoms with Crippen LogP contribution in [0.4, 0.5) is 0 Å². The summed E-state index contributed by atoms with van der Waals surface area (Å²) in [5.74, 6) is 0.421. The lowest BCUT2D eigenvalue weighted by atomic mass is 10.1. The molecule has 31 heavy (non-hydrogen) atoms. The first-order valence-corrected chi connectivity index (χ1v) is 10.4. The zero-order valence-electron chi connectivity index (χ0n) is 17.2. The summed E-state index contributed by atoms with van der Waals surface area (Å²) in [5, 5.41) is 5.23. The van der Waals surface area contributed by atoms with Gasteiger partial charge in [0.2, 0.25) is 0 Å². The first-order chi connectivity index (χ1) is 15.1. The molecule has 4 rings (SSSR count). The minimum Gasteiger partial charge on any atom is -0.497 e. The van der Waals surface area contributed by atoms with Gasteiger partial charge in [0.15, 0.2) is 0 Å².